The van der Waals surface area contributed by atoms with E-state index >= 15 is 0 Å². The molecule has 1 aromatic carbocycles. The van der Waals surface area contributed by atoms with Crippen molar-refractivity contribution in [2.24, 2.45) is 0 Å². The second kappa shape index (κ2) is 5.41. The Labute approximate surface area is 134 Å². The van der Waals surface area contributed by atoms with E-state index in [1.54, 1.807) is 12.1 Å². The Morgan fingerprint density at radius 2 is 1.73 bits per heavy atom. The SMILES string of the molecule is Cc1nc2ccc(-c3ccc(S(C)(=O)=O)cc3)cn2c1CCl. The first-order chi connectivity index (χ1) is 10.4. The van der Waals surface area contributed by atoms with Crippen molar-refractivity contribution in [1.82, 2.24) is 9.38 Å². The molecule has 0 aliphatic heterocycles. The fourth-order valence-corrected chi connectivity index (χ4v) is 3.39. The predicted molar refractivity (Wildman–Crippen MR) is 88.0 cm³/mol. The smallest absolute Gasteiger partial charge is 0.175 e. The van der Waals surface area contributed by atoms with Gasteiger partial charge in [0, 0.05) is 12.5 Å². The molecule has 0 N–H and O–H groups in total. The number of halogens is 1. The van der Waals surface area contributed by atoms with E-state index in [0.29, 0.717) is 10.8 Å². The molecule has 0 bridgehead atoms. The Morgan fingerprint density at radius 1 is 1.09 bits per heavy atom. The maximum absolute atomic E-state index is 11.5. The number of nitrogens with zero attached hydrogens (tertiary/aromatic N) is 2. The molecule has 6 heteroatoms. The summed E-state index contributed by atoms with van der Waals surface area (Å²) in [5, 5.41) is 0. The molecular weight excluding hydrogens is 320 g/mol. The van der Waals surface area contributed by atoms with Gasteiger partial charge in [0.05, 0.1) is 22.2 Å². The molecule has 3 rings (SSSR count). The lowest BCUT2D eigenvalue weighted by Crippen LogP contribution is -1.96. The molecular formula is C16H15ClN2O2S. The lowest BCUT2D eigenvalue weighted by Gasteiger charge is -2.06. The van der Waals surface area contributed by atoms with Crippen LogP contribution in [-0.4, -0.2) is 24.1 Å². The molecule has 3 aromatic rings. The van der Waals surface area contributed by atoms with Crippen molar-refractivity contribution >= 4 is 27.1 Å². The summed E-state index contributed by atoms with van der Waals surface area (Å²) in [6.45, 7) is 1.94. The van der Waals surface area contributed by atoms with E-state index in [0.717, 1.165) is 28.2 Å². The van der Waals surface area contributed by atoms with Crippen molar-refractivity contribution in [2.45, 2.75) is 17.7 Å². The minimum Gasteiger partial charge on any atom is -0.302 e. The van der Waals surface area contributed by atoms with Crippen LogP contribution < -0.4 is 0 Å². The monoisotopic (exact) mass is 334 g/mol. The second-order valence-electron chi connectivity index (χ2n) is 5.22. The van der Waals surface area contributed by atoms with Gasteiger partial charge in [0.25, 0.3) is 0 Å². The van der Waals surface area contributed by atoms with Crippen molar-refractivity contribution in [3.63, 3.8) is 0 Å². The van der Waals surface area contributed by atoms with Gasteiger partial charge in [-0.25, -0.2) is 13.4 Å². The number of hydrogen-bond donors (Lipinski definition) is 0. The highest BCUT2D eigenvalue weighted by atomic mass is 35.5. The number of rotatable bonds is 3. The lowest BCUT2D eigenvalue weighted by atomic mass is 10.1. The zero-order valence-electron chi connectivity index (χ0n) is 12.2. The zero-order chi connectivity index (χ0) is 15.9. The van der Waals surface area contributed by atoms with Crippen molar-refractivity contribution in [3.8, 4) is 11.1 Å². The molecule has 22 heavy (non-hydrogen) atoms. The highest BCUT2D eigenvalue weighted by Gasteiger charge is 2.10. The number of fused-ring (bicyclic) bond motifs is 1. The largest absolute Gasteiger partial charge is 0.302 e. The number of hydrogen-bond acceptors (Lipinski definition) is 3. The molecule has 0 radical (unpaired) electrons. The minimum absolute atomic E-state index is 0.317. The van der Waals surface area contributed by atoms with Gasteiger partial charge < -0.3 is 4.40 Å². The molecule has 2 aromatic heterocycles. The van der Waals surface area contributed by atoms with Crippen molar-refractivity contribution in [1.29, 1.82) is 0 Å². The van der Waals surface area contributed by atoms with Gasteiger partial charge in [-0.3, -0.25) is 0 Å². The zero-order valence-corrected chi connectivity index (χ0v) is 13.8. The normalized spacial score (nSPS) is 12.0. The molecule has 114 valence electrons. The number of sulfone groups is 1. The first kappa shape index (κ1) is 15.1. The van der Waals surface area contributed by atoms with Gasteiger partial charge in [0.15, 0.2) is 9.84 Å². The minimum atomic E-state index is -3.18. The average Bonchev–Trinajstić information content (AvgIpc) is 2.80. The third kappa shape index (κ3) is 2.62. The number of pyridine rings is 1. The van der Waals surface area contributed by atoms with Crippen LogP contribution in [0.1, 0.15) is 11.4 Å². The van der Waals surface area contributed by atoms with Crippen molar-refractivity contribution < 1.29 is 8.42 Å². The summed E-state index contributed by atoms with van der Waals surface area (Å²) in [6.07, 6.45) is 3.18. The van der Waals surface area contributed by atoms with Crippen LogP contribution in [0.3, 0.4) is 0 Å². The molecule has 0 aliphatic rings. The average molecular weight is 335 g/mol. The summed E-state index contributed by atoms with van der Waals surface area (Å²) in [4.78, 5) is 4.78. The third-order valence-corrected chi connectivity index (χ3v) is 5.04. The third-order valence-electron chi connectivity index (χ3n) is 3.66. The van der Waals surface area contributed by atoms with Crippen molar-refractivity contribution in [3.05, 3.63) is 54.0 Å². The molecule has 0 aliphatic carbocycles. The Balaban J connectivity index is 2.10. The van der Waals surface area contributed by atoms with E-state index in [9.17, 15) is 8.42 Å². The van der Waals surface area contributed by atoms with Gasteiger partial charge in [-0.05, 0) is 42.3 Å². The quantitative estimate of drug-likeness (QED) is 0.689. The summed E-state index contributed by atoms with van der Waals surface area (Å²) in [5.74, 6) is 0.392. The molecule has 0 saturated carbocycles. The van der Waals surface area contributed by atoms with E-state index in [1.807, 2.05) is 41.8 Å². The predicted octanol–water partition coefficient (Wildman–Crippen LogP) is 3.45. The maximum atomic E-state index is 11.5. The highest BCUT2D eigenvalue weighted by molar-refractivity contribution is 7.90. The first-order valence-electron chi connectivity index (χ1n) is 6.74. The summed E-state index contributed by atoms with van der Waals surface area (Å²) >= 11 is 5.99. The van der Waals surface area contributed by atoms with E-state index < -0.39 is 9.84 Å². The summed E-state index contributed by atoms with van der Waals surface area (Å²) in [7, 11) is -3.18. The topological polar surface area (TPSA) is 51.4 Å². The molecule has 4 nitrogen and oxygen atoms in total. The molecule has 0 amide bonds. The van der Waals surface area contributed by atoms with E-state index in [2.05, 4.69) is 4.98 Å². The summed E-state index contributed by atoms with van der Waals surface area (Å²) in [6, 6.07) is 10.8. The van der Waals surface area contributed by atoms with E-state index in [1.165, 1.54) is 6.26 Å². The Hall–Kier alpha value is -1.85. The molecule has 0 spiro atoms. The molecule has 2 heterocycles. The molecule has 0 fully saturated rings. The fraction of sp³-hybridized carbons (Fsp3) is 0.188. The second-order valence-corrected chi connectivity index (χ2v) is 7.50. The number of aryl methyl sites for hydroxylation is 1. The van der Waals surface area contributed by atoms with Crippen LogP contribution in [0.2, 0.25) is 0 Å². The van der Waals surface area contributed by atoms with E-state index in [-0.39, 0.29) is 0 Å². The maximum Gasteiger partial charge on any atom is 0.175 e. The Kier molecular flexibility index (Phi) is 3.70. The number of alkyl halides is 1. The molecule has 0 saturated heterocycles. The van der Waals surface area contributed by atoms with Gasteiger partial charge in [-0.15, -0.1) is 11.6 Å². The van der Waals surface area contributed by atoms with Crippen LogP contribution >= 0.6 is 11.6 Å². The van der Waals surface area contributed by atoms with Crippen LogP contribution in [0.5, 0.6) is 0 Å². The van der Waals surface area contributed by atoms with Gasteiger partial charge in [-0.1, -0.05) is 12.1 Å². The highest BCUT2D eigenvalue weighted by Crippen LogP contribution is 2.24. The first-order valence-corrected chi connectivity index (χ1v) is 9.17. The van der Waals surface area contributed by atoms with Gasteiger partial charge in [0.1, 0.15) is 5.65 Å². The number of aromatic nitrogens is 2. The van der Waals surface area contributed by atoms with Gasteiger partial charge in [-0.2, -0.15) is 0 Å². The van der Waals surface area contributed by atoms with Crippen LogP contribution in [0.4, 0.5) is 0 Å². The van der Waals surface area contributed by atoms with Crippen LogP contribution in [-0.2, 0) is 15.7 Å². The Bertz CT molecular complexity index is 944. The van der Waals surface area contributed by atoms with E-state index in [4.69, 9.17) is 11.6 Å². The summed E-state index contributed by atoms with van der Waals surface area (Å²) < 4.78 is 25.0. The Morgan fingerprint density at radius 3 is 2.32 bits per heavy atom. The molecule has 0 atom stereocenters. The van der Waals surface area contributed by atoms with Crippen LogP contribution in [0, 0.1) is 6.92 Å². The van der Waals surface area contributed by atoms with Crippen molar-refractivity contribution in [2.75, 3.05) is 6.26 Å². The number of benzene rings is 1. The fourth-order valence-electron chi connectivity index (χ4n) is 2.44. The lowest BCUT2D eigenvalue weighted by molar-refractivity contribution is 0.602. The molecule has 0 unspecified atom stereocenters. The van der Waals surface area contributed by atoms with Crippen LogP contribution in [0.15, 0.2) is 47.5 Å². The van der Waals surface area contributed by atoms with Gasteiger partial charge in [0.2, 0.25) is 0 Å². The van der Waals surface area contributed by atoms with Gasteiger partial charge >= 0.3 is 0 Å². The van der Waals surface area contributed by atoms with Crippen LogP contribution in [0.25, 0.3) is 16.8 Å². The summed E-state index contributed by atoms with van der Waals surface area (Å²) in [5.41, 5.74) is 4.66. The standard InChI is InChI=1S/C16H15ClN2O2S/c1-11-15(9-17)19-10-13(5-8-16(19)18-11)12-3-6-14(7-4-12)22(2,20)21/h3-8,10H,9H2,1-2H3. The number of imidazole rings is 1.